The van der Waals surface area contributed by atoms with Crippen LogP contribution < -0.4 is 10.6 Å². The van der Waals surface area contributed by atoms with E-state index in [1.54, 1.807) is 23.9 Å². The van der Waals surface area contributed by atoms with Crippen LogP contribution >= 0.6 is 11.8 Å². The Hall–Kier alpha value is -3.37. The van der Waals surface area contributed by atoms with Crippen molar-refractivity contribution >= 4 is 29.4 Å². The van der Waals surface area contributed by atoms with E-state index >= 15 is 0 Å². The van der Waals surface area contributed by atoms with Crippen LogP contribution in [-0.4, -0.2) is 39.6 Å². The van der Waals surface area contributed by atoms with Crippen molar-refractivity contribution in [1.29, 1.82) is 0 Å². The molecular weight excluding hydrogens is 588 g/mol. The summed E-state index contributed by atoms with van der Waals surface area (Å²) in [6.45, 7) is -0.0155. The number of hydrogen-bond donors (Lipinski definition) is 4. The predicted octanol–water partition coefficient (Wildman–Crippen LogP) is 7.31. The second-order valence-corrected chi connectivity index (χ2v) is 14.5. The van der Waals surface area contributed by atoms with Gasteiger partial charge in [-0.2, -0.15) is 0 Å². The number of ether oxygens (including phenoxy) is 2. The number of nitrogens with one attached hydrogen (secondary N) is 2. The third kappa shape index (κ3) is 6.92. The molecular formula is C36H40N2O6S. The number of amides is 2. The maximum Gasteiger partial charge on any atom is 0.335 e. The number of urea groups is 1. The third-order valence-corrected chi connectivity index (χ3v) is 11.2. The molecule has 1 aliphatic heterocycles. The van der Waals surface area contributed by atoms with Crippen molar-refractivity contribution in [3.63, 3.8) is 0 Å². The van der Waals surface area contributed by atoms with Crippen molar-refractivity contribution in [3.05, 3.63) is 95.1 Å². The number of benzene rings is 3. The van der Waals surface area contributed by atoms with E-state index in [2.05, 4.69) is 10.6 Å². The Morgan fingerprint density at radius 3 is 2.02 bits per heavy atom. The highest BCUT2D eigenvalue weighted by molar-refractivity contribution is 7.99. The highest BCUT2D eigenvalue weighted by atomic mass is 32.2. The molecule has 45 heavy (non-hydrogen) atoms. The van der Waals surface area contributed by atoms with Crippen LogP contribution in [0.5, 0.6) is 0 Å². The molecule has 3 aromatic rings. The molecule has 0 radical (unpaired) electrons. The Labute approximate surface area is 267 Å². The van der Waals surface area contributed by atoms with Crippen molar-refractivity contribution in [2.45, 2.75) is 80.5 Å². The summed E-state index contributed by atoms with van der Waals surface area (Å²) in [5.74, 6) is 2.02. The fourth-order valence-corrected chi connectivity index (χ4v) is 9.22. The van der Waals surface area contributed by atoms with Crippen molar-refractivity contribution in [2.24, 2.45) is 17.8 Å². The van der Waals surface area contributed by atoms with Crippen LogP contribution in [0.4, 0.5) is 10.5 Å². The van der Waals surface area contributed by atoms with Crippen LogP contribution in [0.15, 0.2) is 77.7 Å². The summed E-state index contributed by atoms with van der Waals surface area (Å²) in [7, 11) is 0. The molecule has 0 unspecified atom stereocenters. The molecule has 0 spiro atoms. The lowest BCUT2D eigenvalue weighted by atomic mass is 9.53. The molecule has 1 saturated heterocycles. The van der Waals surface area contributed by atoms with E-state index in [0.29, 0.717) is 12.2 Å². The summed E-state index contributed by atoms with van der Waals surface area (Å²) in [6.07, 6.45) is 7.06. The predicted molar refractivity (Wildman–Crippen MR) is 172 cm³/mol. The van der Waals surface area contributed by atoms with Gasteiger partial charge in [-0.15, -0.1) is 11.8 Å². The number of aliphatic hydroxyl groups excluding tert-OH is 1. The van der Waals surface area contributed by atoms with E-state index < -0.39 is 12.3 Å². The summed E-state index contributed by atoms with van der Waals surface area (Å²) in [5.41, 5.74) is 3.66. The van der Waals surface area contributed by atoms with Crippen molar-refractivity contribution in [2.75, 3.05) is 11.1 Å². The summed E-state index contributed by atoms with van der Waals surface area (Å²) < 4.78 is 12.9. The van der Waals surface area contributed by atoms with Gasteiger partial charge in [-0.25, -0.2) is 9.59 Å². The SMILES string of the molecule is O=C(Nc1ccc([C@H]2O[C@@H](CSc3ccc(C(=O)O)cc3)C[C@@H](c3ccc(CO)cc3)O2)cc1)NC12CC3CC(CC(C3)C1)C2. The summed E-state index contributed by atoms with van der Waals surface area (Å²) in [6, 6.07) is 22.2. The number of rotatable bonds is 9. The molecule has 4 bridgehead atoms. The number of carbonyl (C=O) groups is 2. The fourth-order valence-electron chi connectivity index (χ4n) is 8.30. The van der Waals surface area contributed by atoms with E-state index in [9.17, 15) is 19.8 Å². The Morgan fingerprint density at radius 1 is 0.800 bits per heavy atom. The lowest BCUT2D eigenvalue weighted by Gasteiger charge is -2.56. The number of aromatic carboxylic acids is 1. The van der Waals surface area contributed by atoms with Gasteiger partial charge < -0.3 is 30.3 Å². The highest BCUT2D eigenvalue weighted by Crippen LogP contribution is 2.55. The summed E-state index contributed by atoms with van der Waals surface area (Å²) >= 11 is 1.62. The van der Waals surface area contributed by atoms with Gasteiger partial charge in [0.05, 0.1) is 24.4 Å². The second-order valence-electron chi connectivity index (χ2n) is 13.4. The maximum atomic E-state index is 13.1. The average molecular weight is 629 g/mol. The fraction of sp³-hybridized carbons (Fsp3) is 0.444. The number of hydrogen-bond acceptors (Lipinski definition) is 6. The van der Waals surface area contributed by atoms with Gasteiger partial charge in [0.2, 0.25) is 0 Å². The lowest BCUT2D eigenvalue weighted by molar-refractivity contribution is -0.245. The summed E-state index contributed by atoms with van der Waals surface area (Å²) in [5, 5.41) is 25.1. The molecule has 0 aromatic heterocycles. The average Bonchev–Trinajstić information content (AvgIpc) is 3.03. The quantitative estimate of drug-likeness (QED) is 0.184. The van der Waals surface area contributed by atoms with E-state index in [0.717, 1.165) is 64.3 Å². The number of carbonyl (C=O) groups excluding carboxylic acids is 1. The number of carboxylic acids is 1. The molecule has 8 rings (SSSR count). The van der Waals surface area contributed by atoms with Crippen LogP contribution in [0.25, 0.3) is 0 Å². The monoisotopic (exact) mass is 628 g/mol. The Balaban J connectivity index is 1.01. The molecule has 4 saturated carbocycles. The van der Waals surface area contributed by atoms with Crippen LogP contribution in [0.2, 0.25) is 0 Å². The Morgan fingerprint density at radius 2 is 1.42 bits per heavy atom. The summed E-state index contributed by atoms with van der Waals surface area (Å²) in [4.78, 5) is 25.3. The zero-order chi connectivity index (χ0) is 31.0. The molecule has 8 nitrogen and oxygen atoms in total. The number of carboxylic acid groups (broad SMARTS) is 1. The van der Waals surface area contributed by atoms with E-state index in [1.807, 2.05) is 60.7 Å². The first kappa shape index (κ1) is 30.3. The number of thioether (sulfide) groups is 1. The molecule has 3 atom stereocenters. The number of aliphatic hydroxyl groups is 1. The van der Waals surface area contributed by atoms with Gasteiger partial charge in [0.15, 0.2) is 6.29 Å². The maximum absolute atomic E-state index is 13.1. The van der Waals surface area contributed by atoms with Gasteiger partial charge in [-0.3, -0.25) is 0 Å². The van der Waals surface area contributed by atoms with Crippen LogP contribution in [0.3, 0.4) is 0 Å². The zero-order valence-electron chi connectivity index (χ0n) is 25.2. The Bertz CT molecular complexity index is 1470. The molecule has 3 aromatic carbocycles. The molecule has 9 heteroatoms. The van der Waals surface area contributed by atoms with Gasteiger partial charge in [0, 0.05) is 33.9 Å². The largest absolute Gasteiger partial charge is 0.478 e. The highest BCUT2D eigenvalue weighted by Gasteiger charge is 2.51. The Kier molecular flexibility index (Phi) is 8.61. The second kappa shape index (κ2) is 12.8. The molecule has 5 aliphatic rings. The third-order valence-electron chi connectivity index (χ3n) is 10.0. The van der Waals surface area contributed by atoms with Gasteiger partial charge >= 0.3 is 12.0 Å². The normalized spacial score (nSPS) is 30.2. The first-order chi connectivity index (χ1) is 21.8. The molecule has 4 aliphatic carbocycles. The first-order valence-electron chi connectivity index (χ1n) is 16.0. The van der Waals surface area contributed by atoms with E-state index in [4.69, 9.17) is 9.47 Å². The van der Waals surface area contributed by atoms with E-state index in [-0.39, 0.29) is 35.9 Å². The van der Waals surface area contributed by atoms with Crippen LogP contribution in [-0.2, 0) is 16.1 Å². The van der Waals surface area contributed by atoms with E-state index in [1.165, 1.54) is 19.3 Å². The van der Waals surface area contributed by atoms with Gasteiger partial charge in [0.25, 0.3) is 0 Å². The molecule has 236 valence electrons. The standard InChI is InChI=1S/C36H40N2O6S/c39-20-22-1-3-26(4-2-22)32-16-30(21-45-31-11-7-27(8-12-31)33(40)41)43-34(44-32)28-5-9-29(10-6-28)37-35(42)38-36-17-23-13-24(18-36)15-25(14-23)19-36/h1-12,23-25,30,32,34,39H,13-21H2,(H,40,41)(H2,37,38,42)/t23?,24?,25?,30-,32+,34+,36?/m1/s1. The van der Waals surface area contributed by atoms with Crippen LogP contribution in [0.1, 0.15) is 84.4 Å². The van der Waals surface area contributed by atoms with Gasteiger partial charge in [-0.1, -0.05) is 36.4 Å². The minimum atomic E-state index is -0.943. The van der Waals surface area contributed by atoms with Gasteiger partial charge in [0.1, 0.15) is 0 Å². The minimum absolute atomic E-state index is 0.0155. The molecule has 4 N–H and O–H groups in total. The molecule has 5 fully saturated rings. The van der Waals surface area contributed by atoms with Crippen molar-refractivity contribution < 1.29 is 29.3 Å². The lowest BCUT2D eigenvalue weighted by Crippen LogP contribution is -2.60. The van der Waals surface area contributed by atoms with Gasteiger partial charge in [-0.05, 0) is 104 Å². The minimum Gasteiger partial charge on any atom is -0.478 e. The van der Waals surface area contributed by atoms with Crippen molar-refractivity contribution in [3.8, 4) is 0 Å². The van der Waals surface area contributed by atoms with Crippen molar-refractivity contribution in [1.82, 2.24) is 5.32 Å². The topological polar surface area (TPSA) is 117 Å². The molecule has 1 heterocycles. The first-order valence-corrected chi connectivity index (χ1v) is 17.0. The molecule has 2 amide bonds. The van der Waals surface area contributed by atoms with Crippen LogP contribution in [0, 0.1) is 17.8 Å². The zero-order valence-corrected chi connectivity index (χ0v) is 26.0. The number of anilines is 1. The smallest absolute Gasteiger partial charge is 0.335 e.